The first kappa shape index (κ1) is 17.4. The molecule has 0 spiro atoms. The number of ether oxygens (including phenoxy) is 3. The van der Waals surface area contributed by atoms with Gasteiger partial charge in [0.1, 0.15) is 0 Å². The summed E-state index contributed by atoms with van der Waals surface area (Å²) in [6, 6.07) is 10.7. The fourth-order valence-corrected chi connectivity index (χ4v) is 2.81. The minimum Gasteiger partial charge on any atom is -0.373 e. The van der Waals surface area contributed by atoms with Crippen molar-refractivity contribution in [2.24, 2.45) is 0 Å². The molecule has 124 valence electrons. The number of rotatable bonds is 9. The smallest absolute Gasteiger partial charge is 0.180 e. The third kappa shape index (κ3) is 6.05. The first-order chi connectivity index (χ1) is 10.8. The van der Waals surface area contributed by atoms with Crippen LogP contribution in [0.3, 0.4) is 0 Å². The van der Waals surface area contributed by atoms with Gasteiger partial charge in [-0.15, -0.1) is 0 Å². The monoisotopic (exact) mass is 307 g/mol. The standard InChI is InChI=1S/C18H29NO3/c1-3-20-18(21-4-2)15-22-17-10-12-19(13-11-17)14-16-8-6-5-7-9-16/h5-9,17-18H,3-4,10-15H2,1-2H3. The van der Waals surface area contributed by atoms with E-state index in [2.05, 4.69) is 35.2 Å². The maximum absolute atomic E-state index is 5.97. The number of piperidine rings is 1. The Hall–Kier alpha value is -0.940. The molecular weight excluding hydrogens is 278 g/mol. The van der Waals surface area contributed by atoms with Crippen LogP contribution >= 0.6 is 0 Å². The summed E-state index contributed by atoms with van der Waals surface area (Å²) in [4.78, 5) is 2.50. The molecule has 1 aliphatic heterocycles. The van der Waals surface area contributed by atoms with Gasteiger partial charge in [0.2, 0.25) is 0 Å². The summed E-state index contributed by atoms with van der Waals surface area (Å²) in [5.41, 5.74) is 1.38. The minimum atomic E-state index is -0.225. The van der Waals surface area contributed by atoms with Crippen LogP contribution in [0.25, 0.3) is 0 Å². The Labute approximate surface area is 134 Å². The SMILES string of the molecule is CCOC(COC1CCN(Cc2ccccc2)CC1)OCC. The van der Waals surface area contributed by atoms with Gasteiger partial charge in [0.15, 0.2) is 6.29 Å². The average molecular weight is 307 g/mol. The number of likely N-dealkylation sites (tertiary alicyclic amines) is 1. The van der Waals surface area contributed by atoms with Crippen LogP contribution in [0.4, 0.5) is 0 Å². The molecule has 0 radical (unpaired) electrons. The van der Waals surface area contributed by atoms with Crippen molar-refractivity contribution < 1.29 is 14.2 Å². The lowest BCUT2D eigenvalue weighted by Crippen LogP contribution is -2.38. The van der Waals surface area contributed by atoms with Crippen LogP contribution in [0.1, 0.15) is 32.3 Å². The van der Waals surface area contributed by atoms with Gasteiger partial charge in [0.25, 0.3) is 0 Å². The van der Waals surface area contributed by atoms with Gasteiger partial charge in [-0.25, -0.2) is 0 Å². The Morgan fingerprint density at radius 2 is 1.68 bits per heavy atom. The quantitative estimate of drug-likeness (QED) is 0.656. The van der Waals surface area contributed by atoms with Crippen molar-refractivity contribution in [3.8, 4) is 0 Å². The van der Waals surface area contributed by atoms with E-state index in [0.29, 0.717) is 25.9 Å². The van der Waals surface area contributed by atoms with E-state index in [9.17, 15) is 0 Å². The molecule has 0 saturated carbocycles. The largest absolute Gasteiger partial charge is 0.373 e. The van der Waals surface area contributed by atoms with Crippen molar-refractivity contribution in [2.75, 3.05) is 32.9 Å². The molecule has 1 fully saturated rings. The Kier molecular flexibility index (Phi) is 7.88. The molecule has 0 aromatic heterocycles. The maximum atomic E-state index is 5.97. The lowest BCUT2D eigenvalue weighted by atomic mass is 10.1. The van der Waals surface area contributed by atoms with Gasteiger partial charge in [-0.3, -0.25) is 4.90 Å². The zero-order valence-electron chi connectivity index (χ0n) is 13.9. The summed E-state index contributed by atoms with van der Waals surface area (Å²) in [6.45, 7) is 9.02. The van der Waals surface area contributed by atoms with Crippen LogP contribution in [-0.2, 0) is 20.8 Å². The highest BCUT2D eigenvalue weighted by Gasteiger charge is 2.21. The molecule has 0 amide bonds. The Morgan fingerprint density at radius 1 is 1.05 bits per heavy atom. The third-order valence-electron chi connectivity index (χ3n) is 3.96. The molecule has 1 saturated heterocycles. The van der Waals surface area contributed by atoms with Crippen LogP contribution in [0.5, 0.6) is 0 Å². The van der Waals surface area contributed by atoms with Crippen molar-refractivity contribution in [3.63, 3.8) is 0 Å². The van der Waals surface area contributed by atoms with Crippen molar-refractivity contribution in [3.05, 3.63) is 35.9 Å². The van der Waals surface area contributed by atoms with Crippen LogP contribution in [0.2, 0.25) is 0 Å². The zero-order valence-corrected chi connectivity index (χ0v) is 13.9. The van der Waals surface area contributed by atoms with Crippen molar-refractivity contribution in [2.45, 2.75) is 45.6 Å². The van der Waals surface area contributed by atoms with Gasteiger partial charge >= 0.3 is 0 Å². The summed E-state index contributed by atoms with van der Waals surface area (Å²) < 4.78 is 17.0. The highest BCUT2D eigenvalue weighted by Crippen LogP contribution is 2.16. The van der Waals surface area contributed by atoms with Gasteiger partial charge < -0.3 is 14.2 Å². The summed E-state index contributed by atoms with van der Waals surface area (Å²) in [6.07, 6.45) is 2.27. The highest BCUT2D eigenvalue weighted by atomic mass is 16.7. The number of benzene rings is 1. The fourth-order valence-electron chi connectivity index (χ4n) is 2.81. The Morgan fingerprint density at radius 3 is 2.27 bits per heavy atom. The molecule has 1 aliphatic rings. The molecule has 1 aromatic rings. The second kappa shape index (κ2) is 9.95. The van der Waals surface area contributed by atoms with Crippen molar-refractivity contribution in [1.82, 2.24) is 4.90 Å². The summed E-state index contributed by atoms with van der Waals surface area (Å²) in [7, 11) is 0. The van der Waals surface area contributed by atoms with E-state index in [1.54, 1.807) is 0 Å². The fraction of sp³-hybridized carbons (Fsp3) is 0.667. The average Bonchev–Trinajstić information content (AvgIpc) is 2.55. The van der Waals surface area contributed by atoms with Gasteiger partial charge in [0.05, 0.1) is 12.7 Å². The Balaban J connectivity index is 1.66. The molecule has 1 aromatic carbocycles. The van der Waals surface area contributed by atoms with E-state index < -0.39 is 0 Å². The molecule has 0 N–H and O–H groups in total. The molecular formula is C18H29NO3. The van der Waals surface area contributed by atoms with Crippen LogP contribution in [0.15, 0.2) is 30.3 Å². The molecule has 4 heteroatoms. The predicted molar refractivity (Wildman–Crippen MR) is 87.7 cm³/mol. The van der Waals surface area contributed by atoms with E-state index in [1.165, 1.54) is 5.56 Å². The molecule has 4 nitrogen and oxygen atoms in total. The van der Waals surface area contributed by atoms with E-state index in [0.717, 1.165) is 32.5 Å². The van der Waals surface area contributed by atoms with Crippen molar-refractivity contribution >= 4 is 0 Å². The topological polar surface area (TPSA) is 30.9 Å². The molecule has 22 heavy (non-hydrogen) atoms. The molecule has 0 unspecified atom stereocenters. The minimum absolute atomic E-state index is 0.225. The second-order valence-corrected chi connectivity index (χ2v) is 5.63. The zero-order chi connectivity index (χ0) is 15.6. The van der Waals surface area contributed by atoms with E-state index in [-0.39, 0.29) is 6.29 Å². The lowest BCUT2D eigenvalue weighted by molar-refractivity contribution is -0.179. The predicted octanol–water partition coefficient (Wildman–Crippen LogP) is 3.07. The van der Waals surface area contributed by atoms with E-state index in [4.69, 9.17) is 14.2 Å². The molecule has 0 bridgehead atoms. The van der Waals surface area contributed by atoms with Crippen LogP contribution in [0, 0.1) is 0 Å². The van der Waals surface area contributed by atoms with Gasteiger partial charge in [0, 0.05) is 32.8 Å². The van der Waals surface area contributed by atoms with Crippen LogP contribution in [-0.4, -0.2) is 50.2 Å². The molecule has 1 heterocycles. The number of hydrogen-bond donors (Lipinski definition) is 0. The number of nitrogens with zero attached hydrogens (tertiary/aromatic N) is 1. The first-order valence-corrected chi connectivity index (χ1v) is 8.43. The molecule has 2 rings (SSSR count). The second-order valence-electron chi connectivity index (χ2n) is 5.63. The van der Waals surface area contributed by atoms with Gasteiger partial charge in [-0.2, -0.15) is 0 Å². The maximum Gasteiger partial charge on any atom is 0.180 e. The summed E-state index contributed by atoms with van der Waals surface area (Å²) in [5, 5.41) is 0. The molecule has 0 atom stereocenters. The van der Waals surface area contributed by atoms with E-state index >= 15 is 0 Å². The van der Waals surface area contributed by atoms with Crippen LogP contribution < -0.4 is 0 Å². The number of hydrogen-bond acceptors (Lipinski definition) is 4. The third-order valence-corrected chi connectivity index (χ3v) is 3.96. The Bertz CT molecular complexity index is 385. The lowest BCUT2D eigenvalue weighted by Gasteiger charge is -2.32. The van der Waals surface area contributed by atoms with Gasteiger partial charge in [-0.1, -0.05) is 30.3 Å². The summed E-state index contributed by atoms with van der Waals surface area (Å²) >= 11 is 0. The molecule has 0 aliphatic carbocycles. The summed E-state index contributed by atoms with van der Waals surface area (Å²) in [5.74, 6) is 0. The first-order valence-electron chi connectivity index (χ1n) is 8.43. The normalized spacial score (nSPS) is 17.2. The van der Waals surface area contributed by atoms with E-state index in [1.807, 2.05) is 13.8 Å². The van der Waals surface area contributed by atoms with Gasteiger partial charge in [-0.05, 0) is 32.3 Å². The highest BCUT2D eigenvalue weighted by molar-refractivity contribution is 5.14. The van der Waals surface area contributed by atoms with Crippen molar-refractivity contribution in [1.29, 1.82) is 0 Å².